The Kier molecular flexibility index (Phi) is 3.60. The maximum Gasteiger partial charge on any atom is 0.272 e. The molecule has 0 bridgehead atoms. The van der Waals surface area contributed by atoms with Gasteiger partial charge in [0.25, 0.3) is 11.5 Å². The van der Waals surface area contributed by atoms with E-state index in [1.807, 2.05) is 0 Å². The van der Waals surface area contributed by atoms with Gasteiger partial charge in [0.05, 0.1) is 6.04 Å². The summed E-state index contributed by atoms with van der Waals surface area (Å²) in [7, 11) is 0. The largest absolute Gasteiger partial charge is 0.330 e. The van der Waals surface area contributed by atoms with Crippen LogP contribution in [-0.2, 0) is 0 Å². The van der Waals surface area contributed by atoms with Crippen molar-refractivity contribution in [3.05, 3.63) is 57.8 Å². The molecule has 1 saturated heterocycles. The Balaban J connectivity index is 1.89. The Hall–Kier alpha value is -2.37. The van der Waals surface area contributed by atoms with Gasteiger partial charge in [-0.1, -0.05) is 12.1 Å². The fourth-order valence-electron chi connectivity index (χ4n) is 2.81. The lowest BCUT2D eigenvalue weighted by Gasteiger charge is -2.35. The van der Waals surface area contributed by atoms with Gasteiger partial charge in [-0.15, -0.1) is 0 Å². The number of halogens is 1. The van der Waals surface area contributed by atoms with E-state index in [-0.39, 0.29) is 29.0 Å². The van der Waals surface area contributed by atoms with E-state index in [2.05, 4.69) is 10.2 Å². The molecule has 1 aliphatic rings. The first-order valence-corrected chi connectivity index (χ1v) is 6.99. The molecule has 2 aromatic rings. The standard InChI is InChI=1S/C15H16FN3O2/c16-11-6-4-10(5-7-11)13-3-1-2-8-19(13)15(21)12-9-14(20)18-17-12/h4-7,9,13H,1-3,8H2,(H2,17,18,20)/t13-/m0/s1. The molecule has 1 aromatic carbocycles. The van der Waals surface area contributed by atoms with E-state index in [9.17, 15) is 14.0 Å². The van der Waals surface area contributed by atoms with Gasteiger partial charge in [0, 0.05) is 12.6 Å². The summed E-state index contributed by atoms with van der Waals surface area (Å²) in [6.45, 7) is 0.633. The third-order valence-corrected chi connectivity index (χ3v) is 3.84. The van der Waals surface area contributed by atoms with Crippen LogP contribution >= 0.6 is 0 Å². The number of hydrogen-bond donors (Lipinski definition) is 2. The van der Waals surface area contributed by atoms with E-state index in [1.165, 1.54) is 18.2 Å². The van der Waals surface area contributed by atoms with Gasteiger partial charge < -0.3 is 4.90 Å². The van der Waals surface area contributed by atoms with E-state index in [4.69, 9.17) is 0 Å². The smallest absolute Gasteiger partial charge is 0.272 e. The van der Waals surface area contributed by atoms with Crippen molar-refractivity contribution in [2.45, 2.75) is 25.3 Å². The summed E-state index contributed by atoms with van der Waals surface area (Å²) in [6, 6.07) is 7.43. The number of likely N-dealkylation sites (tertiary alicyclic amines) is 1. The Labute approximate surface area is 120 Å². The van der Waals surface area contributed by atoms with Crippen molar-refractivity contribution >= 4 is 5.91 Å². The first kappa shape index (κ1) is 13.6. The van der Waals surface area contributed by atoms with E-state index in [0.29, 0.717) is 6.54 Å². The van der Waals surface area contributed by atoms with Crippen LogP contribution in [0.1, 0.15) is 41.4 Å². The second-order valence-corrected chi connectivity index (χ2v) is 5.23. The number of aromatic amines is 2. The van der Waals surface area contributed by atoms with Crippen LogP contribution in [0.5, 0.6) is 0 Å². The minimum absolute atomic E-state index is 0.0785. The highest BCUT2D eigenvalue weighted by atomic mass is 19.1. The zero-order chi connectivity index (χ0) is 14.8. The molecule has 2 heterocycles. The van der Waals surface area contributed by atoms with Gasteiger partial charge in [0.2, 0.25) is 0 Å². The number of benzene rings is 1. The third-order valence-electron chi connectivity index (χ3n) is 3.84. The second kappa shape index (κ2) is 5.55. The van der Waals surface area contributed by atoms with Crippen molar-refractivity contribution < 1.29 is 9.18 Å². The van der Waals surface area contributed by atoms with Gasteiger partial charge in [-0.05, 0) is 37.0 Å². The lowest BCUT2D eigenvalue weighted by atomic mass is 9.95. The van der Waals surface area contributed by atoms with E-state index in [0.717, 1.165) is 24.8 Å². The number of carbonyl (C=O) groups is 1. The van der Waals surface area contributed by atoms with Crippen LogP contribution in [0.4, 0.5) is 4.39 Å². The fourth-order valence-corrected chi connectivity index (χ4v) is 2.81. The molecule has 110 valence electrons. The van der Waals surface area contributed by atoms with Crippen molar-refractivity contribution in [1.29, 1.82) is 0 Å². The van der Waals surface area contributed by atoms with Crippen LogP contribution in [0.3, 0.4) is 0 Å². The lowest BCUT2D eigenvalue weighted by Crippen LogP contribution is -2.38. The average Bonchev–Trinajstić information content (AvgIpc) is 2.94. The average molecular weight is 289 g/mol. The van der Waals surface area contributed by atoms with E-state index >= 15 is 0 Å². The van der Waals surface area contributed by atoms with Crippen LogP contribution in [-0.4, -0.2) is 27.5 Å². The lowest BCUT2D eigenvalue weighted by molar-refractivity contribution is 0.0605. The summed E-state index contributed by atoms with van der Waals surface area (Å²) >= 11 is 0. The Morgan fingerprint density at radius 2 is 1.95 bits per heavy atom. The minimum Gasteiger partial charge on any atom is -0.330 e. The molecule has 2 N–H and O–H groups in total. The molecule has 5 nitrogen and oxygen atoms in total. The molecule has 6 heteroatoms. The maximum absolute atomic E-state index is 13.1. The molecule has 1 aliphatic heterocycles. The van der Waals surface area contributed by atoms with Gasteiger partial charge in [0.15, 0.2) is 0 Å². The topological polar surface area (TPSA) is 69.0 Å². The SMILES string of the molecule is O=C(c1cc(=O)[nH][nH]1)N1CCCC[C@H]1c1ccc(F)cc1. The third kappa shape index (κ3) is 2.74. The fraction of sp³-hybridized carbons (Fsp3) is 0.333. The Bertz CT molecular complexity index is 689. The molecule has 1 fully saturated rings. The van der Waals surface area contributed by atoms with E-state index in [1.54, 1.807) is 17.0 Å². The highest BCUT2D eigenvalue weighted by Crippen LogP contribution is 2.31. The Morgan fingerprint density at radius 3 is 2.62 bits per heavy atom. The van der Waals surface area contributed by atoms with Crippen molar-refractivity contribution in [3.63, 3.8) is 0 Å². The summed E-state index contributed by atoms with van der Waals surface area (Å²) in [4.78, 5) is 25.4. The van der Waals surface area contributed by atoms with Crippen LogP contribution in [0.25, 0.3) is 0 Å². The number of nitrogens with one attached hydrogen (secondary N) is 2. The van der Waals surface area contributed by atoms with Gasteiger partial charge in [-0.2, -0.15) is 0 Å². The summed E-state index contributed by atoms with van der Waals surface area (Å²) < 4.78 is 13.1. The number of hydrogen-bond acceptors (Lipinski definition) is 2. The zero-order valence-corrected chi connectivity index (χ0v) is 11.4. The van der Waals surface area contributed by atoms with Crippen LogP contribution in [0, 0.1) is 5.82 Å². The monoisotopic (exact) mass is 289 g/mol. The minimum atomic E-state index is -0.325. The van der Waals surface area contributed by atoms with Crippen LogP contribution in [0.2, 0.25) is 0 Å². The first-order chi connectivity index (χ1) is 10.1. The molecular weight excluding hydrogens is 273 g/mol. The quantitative estimate of drug-likeness (QED) is 0.890. The van der Waals surface area contributed by atoms with Gasteiger partial charge >= 0.3 is 0 Å². The highest BCUT2D eigenvalue weighted by Gasteiger charge is 2.29. The predicted molar refractivity (Wildman–Crippen MR) is 75.4 cm³/mol. The molecule has 1 amide bonds. The molecule has 21 heavy (non-hydrogen) atoms. The predicted octanol–water partition coefficient (Wildman–Crippen LogP) is 2.21. The number of carbonyl (C=O) groups excluding carboxylic acids is 1. The number of nitrogens with zero attached hydrogens (tertiary/aromatic N) is 1. The number of piperidine rings is 1. The molecule has 0 spiro atoms. The second-order valence-electron chi connectivity index (χ2n) is 5.23. The zero-order valence-electron chi connectivity index (χ0n) is 11.4. The number of rotatable bonds is 2. The van der Waals surface area contributed by atoms with Gasteiger partial charge in [-0.3, -0.25) is 19.8 Å². The van der Waals surface area contributed by atoms with Crippen LogP contribution in [0.15, 0.2) is 35.1 Å². The molecule has 0 radical (unpaired) electrons. The van der Waals surface area contributed by atoms with Crippen molar-refractivity contribution in [2.24, 2.45) is 0 Å². The summed E-state index contributed by atoms with van der Waals surface area (Å²) in [5.74, 6) is -0.496. The number of amides is 1. The molecule has 1 atom stereocenters. The van der Waals surface area contributed by atoms with E-state index < -0.39 is 0 Å². The summed E-state index contributed by atoms with van der Waals surface area (Å²) in [6.07, 6.45) is 2.79. The molecule has 1 aromatic heterocycles. The van der Waals surface area contributed by atoms with Crippen molar-refractivity contribution in [1.82, 2.24) is 15.1 Å². The highest BCUT2D eigenvalue weighted by molar-refractivity contribution is 5.92. The van der Waals surface area contributed by atoms with Gasteiger partial charge in [-0.25, -0.2) is 4.39 Å². The normalized spacial score (nSPS) is 18.7. The van der Waals surface area contributed by atoms with Crippen molar-refractivity contribution in [2.75, 3.05) is 6.54 Å². The van der Waals surface area contributed by atoms with Gasteiger partial charge in [0.1, 0.15) is 11.5 Å². The van der Waals surface area contributed by atoms with Crippen molar-refractivity contribution in [3.8, 4) is 0 Å². The number of aromatic nitrogens is 2. The van der Waals surface area contributed by atoms with Crippen LogP contribution < -0.4 is 5.56 Å². The maximum atomic E-state index is 13.1. The molecule has 0 aliphatic carbocycles. The summed E-state index contributed by atoms with van der Waals surface area (Å²) in [5, 5.41) is 4.97. The molecule has 0 saturated carbocycles. The molecule has 3 rings (SSSR count). The number of H-pyrrole nitrogens is 2. The summed E-state index contributed by atoms with van der Waals surface area (Å²) in [5.41, 5.74) is 0.852. The first-order valence-electron chi connectivity index (χ1n) is 6.99. The molecular formula is C15H16FN3O2. The Morgan fingerprint density at radius 1 is 1.19 bits per heavy atom. The molecule has 0 unspecified atom stereocenters.